The van der Waals surface area contributed by atoms with E-state index >= 15 is 0 Å². The number of likely N-dealkylation sites (tertiary alicyclic amines) is 2. The van der Waals surface area contributed by atoms with E-state index in [2.05, 4.69) is 37.8 Å². The van der Waals surface area contributed by atoms with Crippen LogP contribution in [0, 0.1) is 11.8 Å². The van der Waals surface area contributed by atoms with Crippen LogP contribution in [0.5, 0.6) is 0 Å². The van der Waals surface area contributed by atoms with Crippen LogP contribution in [0.4, 0.5) is 5.69 Å². The number of thioether (sulfide) groups is 1. The van der Waals surface area contributed by atoms with Crippen molar-refractivity contribution in [2.45, 2.75) is 127 Å². The van der Waals surface area contributed by atoms with Gasteiger partial charge in [-0.05, 0) is 57.2 Å². The number of nitrogens with zero attached hydrogens (tertiary/aromatic N) is 3. The fraction of sp³-hybridized carbons (Fsp3) is 0.604. The number of unbranched alkanes of at least 4 members (excludes halogenated alkanes) is 1. The van der Waals surface area contributed by atoms with Gasteiger partial charge in [0.15, 0.2) is 5.78 Å². The molecule has 2 aliphatic rings. The second-order valence-electron chi connectivity index (χ2n) is 19.4. The molecule has 0 saturated carbocycles. The highest BCUT2D eigenvalue weighted by molar-refractivity contribution is 8.00. The summed E-state index contributed by atoms with van der Waals surface area (Å²) in [6.45, 7) is 11.1. The number of imide groups is 1. The van der Waals surface area contributed by atoms with Gasteiger partial charge in [0, 0.05) is 126 Å². The van der Waals surface area contributed by atoms with E-state index in [1.165, 1.54) is 45.2 Å². The van der Waals surface area contributed by atoms with Crippen LogP contribution in [-0.2, 0) is 70.3 Å². The van der Waals surface area contributed by atoms with E-state index in [0.717, 1.165) is 41.2 Å². The number of carbonyl (C=O) groups is 10. The van der Waals surface area contributed by atoms with Crippen LogP contribution in [-0.4, -0.2) is 166 Å². The number of nitrogens with one attached hydrogen (secondary N) is 5. The van der Waals surface area contributed by atoms with E-state index in [-0.39, 0.29) is 93.5 Å². The lowest BCUT2D eigenvalue weighted by atomic mass is 9.83. The van der Waals surface area contributed by atoms with Gasteiger partial charge < -0.3 is 57.2 Å². The molecule has 0 spiro atoms. The number of ether oxygens (including phenoxy) is 2. The summed E-state index contributed by atoms with van der Waals surface area (Å²) in [5.74, 6) is -5.14. The minimum atomic E-state index is -1.37. The molecule has 0 aliphatic carbocycles. The Morgan fingerprint density at radius 2 is 1.65 bits per heavy atom. The summed E-state index contributed by atoms with van der Waals surface area (Å²) >= 11 is 1.20. The van der Waals surface area contributed by atoms with Gasteiger partial charge >= 0.3 is 0 Å². The number of imidazole rings is 1. The molecule has 0 radical (unpaired) electrons. The smallest absolute Gasteiger partial charge is 0.242 e. The van der Waals surface area contributed by atoms with Crippen LogP contribution in [0.25, 0.3) is 0 Å². The lowest BCUT2D eigenvalue weighted by Gasteiger charge is -2.33. The average Bonchev–Trinajstić information content (AvgIpc) is 4.00. The molecule has 1 aromatic carbocycles. The maximum atomic E-state index is 13.4. The van der Waals surface area contributed by atoms with Crippen molar-refractivity contribution in [3.63, 3.8) is 0 Å². The molecule has 4 atom stereocenters. The van der Waals surface area contributed by atoms with Crippen LogP contribution in [0.3, 0.4) is 0 Å². The molecule has 2 fully saturated rings. The van der Waals surface area contributed by atoms with Crippen molar-refractivity contribution >= 4 is 76.3 Å². The van der Waals surface area contributed by atoms with Gasteiger partial charge in [0.1, 0.15) is 5.78 Å². The van der Waals surface area contributed by atoms with Crippen molar-refractivity contribution in [1.82, 2.24) is 35.7 Å². The molecule has 2 aliphatic heterocycles. The number of aliphatic hydroxyl groups is 1. The van der Waals surface area contributed by atoms with Crippen molar-refractivity contribution in [3.05, 3.63) is 60.3 Å². The minimum absolute atomic E-state index is 0.000368. The summed E-state index contributed by atoms with van der Waals surface area (Å²) < 4.78 is 10.2. The van der Waals surface area contributed by atoms with Gasteiger partial charge in [0.05, 0.1) is 55.3 Å². The number of aromatic nitrogens is 2. The maximum absolute atomic E-state index is 13.4. The number of hydrogen-bond donors (Lipinski definition) is 8. The predicted molar refractivity (Wildman–Crippen MR) is 288 cm³/mol. The molecule has 1 unspecified atom stereocenters. The van der Waals surface area contributed by atoms with Crippen molar-refractivity contribution in [3.8, 4) is 0 Å². The first-order valence-electron chi connectivity index (χ1n) is 26.1. The van der Waals surface area contributed by atoms with E-state index in [9.17, 15) is 53.1 Å². The van der Waals surface area contributed by atoms with Gasteiger partial charge in [-0.25, -0.2) is 4.98 Å². The van der Waals surface area contributed by atoms with Crippen LogP contribution >= 0.6 is 11.8 Å². The lowest BCUT2D eigenvalue weighted by Crippen LogP contribution is -2.55. The molecule has 2 saturated heterocycles. The third kappa shape index (κ3) is 23.8. The number of benzene rings is 1. The van der Waals surface area contributed by atoms with Crippen LogP contribution < -0.4 is 32.7 Å². The Kier molecular flexibility index (Phi) is 29.0. The van der Waals surface area contributed by atoms with Gasteiger partial charge in [-0.15, -0.1) is 11.8 Å². The van der Waals surface area contributed by atoms with E-state index in [1.54, 1.807) is 4.90 Å². The normalized spacial score (nSPS) is 15.4. The summed E-state index contributed by atoms with van der Waals surface area (Å²) in [4.78, 5) is 134. The first-order valence-corrected chi connectivity index (χ1v) is 27.2. The van der Waals surface area contributed by atoms with E-state index in [1.807, 2.05) is 31.2 Å². The number of Topliss-reactive ketones (excluding diaryl/α,β-unsaturated/α-hetero) is 2. The molecule has 8 amide bonds. The van der Waals surface area contributed by atoms with Crippen molar-refractivity contribution in [1.29, 1.82) is 0 Å². The van der Waals surface area contributed by atoms with E-state index in [4.69, 9.17) is 20.9 Å². The summed E-state index contributed by atoms with van der Waals surface area (Å²) in [5, 5.41) is 19.8. The molecular formula is C53H80N10O13S. The minimum Gasteiger partial charge on any atom is -0.396 e. The summed E-state index contributed by atoms with van der Waals surface area (Å²) in [5.41, 5.74) is 13.4. The monoisotopic (exact) mass is 1100 g/mol. The first-order chi connectivity index (χ1) is 36.7. The summed E-state index contributed by atoms with van der Waals surface area (Å²) in [7, 11) is 1.51. The second kappa shape index (κ2) is 34.4. The standard InChI is InChI=1S/C34H54N8O10S.C19H26N2O3/c1-34(2,41-32(50)24(35)16-23-18-37-20-40-23)27(45)15-21(25(44)14-22(19-43)31(36)49)6-4-5-9-38-29(47)8-13-53-26-17-30(48)42(33(26)51)11-7-28(46)39-10-12-52-3;1-3-13-24-14-11-18(22)20-17-7-4-16(5-8-17)6-9-19(23)21-12-10-15(21)2/h18,20-22,24,26,43H,4-17,19,35H2,1-3H3,(H2,36,49)(H,37,40)(H,38,47)(H,39,46)(H,41,50);4-5,7-8H,2-3,6,9-14H2,1H3,(H,20,22)/t21-,22+,24+,26?;/m1./s1. The molecule has 23 nitrogen and oxygen atoms in total. The highest BCUT2D eigenvalue weighted by Gasteiger charge is 2.39. The average molecular weight is 1100 g/mol. The number of ketones is 2. The SMILES string of the molecule is C=C1CCN1C(=O)CCc1ccc(NC(=O)CCOCCC)cc1.COCCNC(=O)CCN1C(=O)CC(SCCC(=O)NCCCC[C@H](CC(=O)C(C)(C)NC(=O)[C@@H](N)Cc2cnc[nH]2)C(=O)C[C@@H](CO)C(N)=O)C1=O. The topological polar surface area (TPSA) is 345 Å². The molecule has 0 bridgehead atoms. The highest BCUT2D eigenvalue weighted by Crippen LogP contribution is 2.27. The Labute approximate surface area is 454 Å². The van der Waals surface area contributed by atoms with Gasteiger partial charge in [-0.2, -0.15) is 0 Å². The first kappa shape index (κ1) is 64.9. The van der Waals surface area contributed by atoms with Crippen LogP contribution in [0.15, 0.2) is 49.1 Å². The number of hydrogen-bond acceptors (Lipinski definition) is 16. The number of nitrogens with two attached hydrogens (primary N) is 2. The number of methoxy groups -OCH3 is 1. The Balaban J connectivity index is 0.000000538. The van der Waals surface area contributed by atoms with E-state index < -0.39 is 58.7 Å². The number of aryl methyl sites for hydroxylation is 1. The molecule has 24 heteroatoms. The number of carbonyl (C=O) groups excluding carboxylic acids is 10. The van der Waals surface area contributed by atoms with Crippen molar-refractivity contribution in [2.24, 2.45) is 23.3 Å². The molecule has 4 rings (SSSR count). The zero-order valence-electron chi connectivity index (χ0n) is 45.0. The van der Waals surface area contributed by atoms with Gasteiger partial charge in [0.25, 0.3) is 0 Å². The fourth-order valence-corrected chi connectivity index (χ4v) is 9.03. The molecule has 3 heterocycles. The maximum Gasteiger partial charge on any atom is 0.242 e. The number of primary amides is 1. The Morgan fingerprint density at radius 3 is 2.27 bits per heavy atom. The number of amides is 8. The molecular weight excluding hydrogens is 1020 g/mol. The molecule has 426 valence electrons. The van der Waals surface area contributed by atoms with Crippen molar-refractivity contribution < 1.29 is 62.5 Å². The van der Waals surface area contributed by atoms with Gasteiger partial charge in [-0.1, -0.05) is 32.1 Å². The van der Waals surface area contributed by atoms with E-state index in [0.29, 0.717) is 69.9 Å². The number of aliphatic hydroxyl groups excluding tert-OH is 1. The summed E-state index contributed by atoms with van der Waals surface area (Å²) in [6.07, 6.45) is 7.19. The zero-order chi connectivity index (χ0) is 56.9. The second-order valence-corrected chi connectivity index (χ2v) is 20.7. The number of H-pyrrole nitrogens is 1. The third-order valence-electron chi connectivity index (χ3n) is 12.8. The third-order valence-corrected chi connectivity index (χ3v) is 14.0. The Morgan fingerprint density at radius 1 is 0.935 bits per heavy atom. The summed E-state index contributed by atoms with van der Waals surface area (Å²) in [6, 6.07) is 6.67. The molecule has 10 N–H and O–H groups in total. The number of anilines is 1. The quantitative estimate of drug-likeness (QED) is 0.0355. The fourth-order valence-electron chi connectivity index (χ4n) is 7.91. The predicted octanol–water partition coefficient (Wildman–Crippen LogP) is 1.61. The molecule has 1 aromatic heterocycles. The lowest BCUT2D eigenvalue weighted by molar-refractivity contribution is -0.139. The zero-order valence-corrected chi connectivity index (χ0v) is 45.8. The largest absolute Gasteiger partial charge is 0.396 e. The van der Waals surface area contributed by atoms with Gasteiger partial charge in [0.2, 0.25) is 47.3 Å². The molecule has 77 heavy (non-hydrogen) atoms. The van der Waals surface area contributed by atoms with Gasteiger partial charge in [-0.3, -0.25) is 52.8 Å². The Hall–Kier alpha value is -6.34. The number of aromatic amines is 1. The highest BCUT2D eigenvalue weighted by atomic mass is 32.2. The van der Waals surface area contributed by atoms with Crippen molar-refractivity contribution in [2.75, 3.05) is 70.8 Å². The van der Waals surface area contributed by atoms with Crippen LogP contribution in [0.1, 0.15) is 109 Å². The molecule has 2 aromatic rings. The Bertz CT molecular complexity index is 2300. The van der Waals surface area contributed by atoms with Crippen LogP contribution in [0.2, 0.25) is 0 Å². The number of rotatable bonds is 36.